The Labute approximate surface area is 179 Å². The lowest BCUT2D eigenvalue weighted by molar-refractivity contribution is -0.0390. The normalized spacial score (nSPS) is 18.4. The number of nitrogens with zero attached hydrogens (tertiary/aromatic N) is 3. The molecule has 8 nitrogen and oxygen atoms in total. The average Bonchev–Trinajstić information content (AvgIpc) is 2.80. The van der Waals surface area contributed by atoms with Crippen molar-refractivity contribution in [1.29, 1.82) is 0 Å². The van der Waals surface area contributed by atoms with Crippen LogP contribution in [0.3, 0.4) is 0 Å². The molecule has 0 unspecified atom stereocenters. The number of ether oxygens (including phenoxy) is 3. The van der Waals surface area contributed by atoms with E-state index in [0.29, 0.717) is 39.0 Å². The first-order valence-corrected chi connectivity index (χ1v) is 10.8. The molecule has 2 aliphatic heterocycles. The van der Waals surface area contributed by atoms with Crippen molar-refractivity contribution in [2.45, 2.75) is 39.0 Å². The Morgan fingerprint density at radius 1 is 1.17 bits per heavy atom. The lowest BCUT2D eigenvalue weighted by atomic mass is 10.1. The minimum atomic E-state index is -0.236. The summed E-state index contributed by atoms with van der Waals surface area (Å²) in [7, 11) is 1.79. The van der Waals surface area contributed by atoms with Gasteiger partial charge in [-0.1, -0.05) is 24.3 Å². The second-order valence-electron chi connectivity index (χ2n) is 7.52. The van der Waals surface area contributed by atoms with E-state index in [1.54, 1.807) is 11.9 Å². The van der Waals surface area contributed by atoms with E-state index < -0.39 is 0 Å². The van der Waals surface area contributed by atoms with Crippen LogP contribution in [0, 0.1) is 0 Å². The molecular formula is C22H34N4O4. The van der Waals surface area contributed by atoms with Crippen LogP contribution in [0.1, 0.15) is 30.9 Å². The van der Waals surface area contributed by atoms with Crippen LogP contribution < -0.4 is 5.32 Å². The molecule has 30 heavy (non-hydrogen) atoms. The molecule has 0 radical (unpaired) electrons. The zero-order chi connectivity index (χ0) is 21.2. The van der Waals surface area contributed by atoms with Gasteiger partial charge in [-0.2, -0.15) is 0 Å². The van der Waals surface area contributed by atoms with Gasteiger partial charge in [-0.25, -0.2) is 4.79 Å². The van der Waals surface area contributed by atoms with Gasteiger partial charge in [-0.15, -0.1) is 0 Å². The lowest BCUT2D eigenvalue weighted by Crippen LogP contribution is -2.53. The molecule has 1 N–H and O–H groups in total. The molecule has 0 bridgehead atoms. The van der Waals surface area contributed by atoms with Crippen molar-refractivity contribution in [3.8, 4) is 0 Å². The number of rotatable bonds is 6. The van der Waals surface area contributed by atoms with E-state index in [2.05, 4.69) is 39.5 Å². The number of nitrogens with one attached hydrogen (secondary N) is 1. The van der Waals surface area contributed by atoms with Crippen LogP contribution in [-0.4, -0.2) is 81.0 Å². The molecule has 3 rings (SSSR count). The molecule has 2 fully saturated rings. The molecule has 0 saturated carbocycles. The third-order valence-corrected chi connectivity index (χ3v) is 5.41. The Hall–Kier alpha value is -2.32. The van der Waals surface area contributed by atoms with Gasteiger partial charge < -0.3 is 29.3 Å². The number of guanidine groups is 1. The number of carbonyl (C=O) groups excluding carboxylic acids is 1. The van der Waals surface area contributed by atoms with Crippen molar-refractivity contribution < 1.29 is 19.0 Å². The summed E-state index contributed by atoms with van der Waals surface area (Å²) in [5, 5.41) is 3.44. The molecule has 2 saturated heterocycles. The van der Waals surface area contributed by atoms with Crippen LogP contribution in [0.4, 0.5) is 4.79 Å². The molecule has 166 valence electrons. The summed E-state index contributed by atoms with van der Waals surface area (Å²) in [5.74, 6) is 0.849. The molecule has 0 aromatic heterocycles. The zero-order valence-electron chi connectivity index (χ0n) is 18.1. The van der Waals surface area contributed by atoms with Gasteiger partial charge in [-0.05, 0) is 30.9 Å². The molecule has 8 heteroatoms. The fourth-order valence-corrected chi connectivity index (χ4v) is 3.72. The van der Waals surface area contributed by atoms with Crippen molar-refractivity contribution >= 4 is 12.1 Å². The van der Waals surface area contributed by atoms with Crippen LogP contribution in [0.5, 0.6) is 0 Å². The minimum absolute atomic E-state index is 0.236. The first-order valence-electron chi connectivity index (χ1n) is 10.8. The topological polar surface area (TPSA) is 75.6 Å². The number of hydrogen-bond acceptors (Lipinski definition) is 5. The van der Waals surface area contributed by atoms with Gasteiger partial charge in [0.15, 0.2) is 5.96 Å². The molecule has 0 atom stereocenters. The smallest absolute Gasteiger partial charge is 0.409 e. The quantitative estimate of drug-likeness (QED) is 0.564. The fourth-order valence-electron chi connectivity index (χ4n) is 3.72. The van der Waals surface area contributed by atoms with Gasteiger partial charge in [0, 0.05) is 53.0 Å². The van der Waals surface area contributed by atoms with Gasteiger partial charge in [0.25, 0.3) is 0 Å². The maximum absolute atomic E-state index is 11.9. The summed E-state index contributed by atoms with van der Waals surface area (Å²) in [6, 6.07) is 8.46. The van der Waals surface area contributed by atoms with Crippen LogP contribution in [0.15, 0.2) is 29.3 Å². The van der Waals surface area contributed by atoms with E-state index in [1.807, 2.05) is 6.92 Å². The van der Waals surface area contributed by atoms with Gasteiger partial charge in [0.1, 0.15) is 0 Å². The Morgan fingerprint density at radius 2 is 1.87 bits per heavy atom. The highest BCUT2D eigenvalue weighted by Gasteiger charge is 2.23. The first-order chi connectivity index (χ1) is 14.7. The highest BCUT2D eigenvalue weighted by atomic mass is 16.6. The van der Waals surface area contributed by atoms with Crippen LogP contribution in [0.2, 0.25) is 0 Å². The number of benzene rings is 1. The highest BCUT2D eigenvalue weighted by Crippen LogP contribution is 2.14. The molecule has 0 spiro atoms. The second-order valence-corrected chi connectivity index (χ2v) is 7.52. The van der Waals surface area contributed by atoms with Crippen molar-refractivity contribution in [1.82, 2.24) is 15.1 Å². The maximum atomic E-state index is 11.9. The van der Waals surface area contributed by atoms with Gasteiger partial charge in [0.2, 0.25) is 0 Å². The number of aliphatic imine (C=N–C) groups is 1. The monoisotopic (exact) mass is 418 g/mol. The van der Waals surface area contributed by atoms with Crippen molar-refractivity contribution in [2.75, 3.05) is 53.0 Å². The van der Waals surface area contributed by atoms with Crippen LogP contribution >= 0.6 is 0 Å². The van der Waals surface area contributed by atoms with Gasteiger partial charge >= 0.3 is 6.09 Å². The van der Waals surface area contributed by atoms with Crippen molar-refractivity contribution in [3.63, 3.8) is 0 Å². The van der Waals surface area contributed by atoms with Gasteiger partial charge in [0.05, 0.1) is 19.3 Å². The van der Waals surface area contributed by atoms with Crippen molar-refractivity contribution in [3.05, 3.63) is 35.4 Å². The SMILES string of the molecule is CCOC(=O)N1CCN(C(=NC)NCc2cccc(COC3CCOCC3)c2)CC1. The molecule has 1 aromatic carbocycles. The van der Waals surface area contributed by atoms with E-state index in [-0.39, 0.29) is 6.09 Å². The van der Waals surface area contributed by atoms with E-state index in [0.717, 1.165) is 45.1 Å². The Kier molecular flexibility index (Phi) is 8.77. The first kappa shape index (κ1) is 22.4. The summed E-state index contributed by atoms with van der Waals surface area (Å²) in [4.78, 5) is 20.2. The molecule has 1 aromatic rings. The number of piperazine rings is 1. The summed E-state index contributed by atoms with van der Waals surface area (Å²) in [6.07, 6.45) is 2.01. The molecule has 1 amide bonds. The average molecular weight is 419 g/mol. The zero-order valence-corrected chi connectivity index (χ0v) is 18.1. The third-order valence-electron chi connectivity index (χ3n) is 5.41. The van der Waals surface area contributed by atoms with Crippen molar-refractivity contribution in [2.24, 2.45) is 4.99 Å². The largest absolute Gasteiger partial charge is 0.450 e. The molecular weight excluding hydrogens is 384 g/mol. The summed E-state index contributed by atoms with van der Waals surface area (Å²) in [6.45, 7) is 7.88. The standard InChI is InChI=1S/C22H34N4O4/c1-3-29-22(27)26-11-9-25(10-12-26)21(23-2)24-16-18-5-4-6-19(15-18)17-30-20-7-13-28-14-8-20/h4-6,15,20H,3,7-14,16-17H2,1-2H3,(H,23,24). The lowest BCUT2D eigenvalue weighted by Gasteiger charge is -2.35. The number of amides is 1. The highest BCUT2D eigenvalue weighted by molar-refractivity contribution is 5.80. The maximum Gasteiger partial charge on any atom is 0.409 e. The fraction of sp³-hybridized carbons (Fsp3) is 0.636. The predicted octanol–water partition coefficient (Wildman–Crippen LogP) is 2.23. The van der Waals surface area contributed by atoms with Gasteiger partial charge in [-0.3, -0.25) is 4.99 Å². The summed E-state index contributed by atoms with van der Waals surface area (Å²) < 4.78 is 16.5. The molecule has 2 aliphatic rings. The van der Waals surface area contributed by atoms with E-state index in [4.69, 9.17) is 14.2 Å². The van der Waals surface area contributed by atoms with E-state index in [1.165, 1.54) is 11.1 Å². The Morgan fingerprint density at radius 3 is 2.57 bits per heavy atom. The van der Waals surface area contributed by atoms with Crippen LogP contribution in [-0.2, 0) is 27.4 Å². The molecule has 0 aliphatic carbocycles. The Bertz CT molecular complexity index is 698. The summed E-state index contributed by atoms with van der Waals surface area (Å²) in [5.41, 5.74) is 2.37. The van der Waals surface area contributed by atoms with E-state index in [9.17, 15) is 4.79 Å². The number of carbonyl (C=O) groups is 1. The second kappa shape index (κ2) is 11.8. The Balaban J connectivity index is 1.45. The van der Waals surface area contributed by atoms with Crippen LogP contribution in [0.25, 0.3) is 0 Å². The van der Waals surface area contributed by atoms with E-state index >= 15 is 0 Å². The summed E-state index contributed by atoms with van der Waals surface area (Å²) >= 11 is 0. The molecule has 2 heterocycles. The predicted molar refractivity (Wildman–Crippen MR) is 115 cm³/mol. The third kappa shape index (κ3) is 6.60. The minimum Gasteiger partial charge on any atom is -0.450 e. The number of hydrogen-bond donors (Lipinski definition) is 1.